The highest BCUT2D eigenvalue weighted by molar-refractivity contribution is 6.01. The zero-order chi connectivity index (χ0) is 18.4. The maximum atomic E-state index is 13.0. The molecular weight excluding hydrogens is 331 g/mol. The van der Waals surface area contributed by atoms with E-state index in [2.05, 4.69) is 10.6 Å². The summed E-state index contributed by atoms with van der Waals surface area (Å²) in [6.45, 7) is 0. The van der Waals surface area contributed by atoms with E-state index in [1.165, 1.54) is 24.3 Å². The van der Waals surface area contributed by atoms with Crippen LogP contribution < -0.4 is 10.6 Å². The normalized spacial score (nSPS) is 11.4. The average Bonchev–Trinajstić information content (AvgIpc) is 2.69. The third-order valence-corrected chi connectivity index (χ3v) is 3.82. The molecule has 2 N–H and O–H groups in total. The van der Waals surface area contributed by atoms with Gasteiger partial charge in [-0.05, 0) is 42.0 Å². The fourth-order valence-corrected chi connectivity index (χ4v) is 2.50. The highest BCUT2D eigenvalue weighted by Crippen LogP contribution is 2.17. The van der Waals surface area contributed by atoms with Crippen LogP contribution in [0.1, 0.15) is 22.0 Å². The average molecular weight is 348 g/mol. The monoisotopic (exact) mass is 348 g/mol. The second-order valence-corrected chi connectivity index (χ2v) is 5.68. The molecule has 2 amide bonds. The van der Waals surface area contributed by atoms with Crippen LogP contribution in [0.3, 0.4) is 0 Å². The summed E-state index contributed by atoms with van der Waals surface area (Å²) in [6, 6.07) is 22.2. The molecule has 0 aliphatic rings. The van der Waals surface area contributed by atoms with Gasteiger partial charge in [0.05, 0.1) is 0 Å². The van der Waals surface area contributed by atoms with Gasteiger partial charge in [-0.25, -0.2) is 4.39 Å². The number of hydrogen-bond acceptors (Lipinski definition) is 2. The van der Waals surface area contributed by atoms with Gasteiger partial charge in [0, 0.05) is 11.3 Å². The van der Waals surface area contributed by atoms with Crippen LogP contribution in [0, 0.1) is 5.82 Å². The Balaban J connectivity index is 1.82. The molecule has 0 aromatic heterocycles. The lowest BCUT2D eigenvalue weighted by atomic mass is 10.1. The highest BCUT2D eigenvalue weighted by Gasteiger charge is 2.23. The predicted octanol–water partition coefficient (Wildman–Crippen LogP) is 3.94. The first kappa shape index (κ1) is 17.4. The molecule has 0 bridgehead atoms. The van der Waals surface area contributed by atoms with Crippen LogP contribution in [0.4, 0.5) is 10.1 Å². The van der Waals surface area contributed by atoms with Crippen molar-refractivity contribution in [1.82, 2.24) is 5.32 Å². The van der Waals surface area contributed by atoms with Crippen LogP contribution in [0.5, 0.6) is 0 Å². The van der Waals surface area contributed by atoms with Crippen molar-refractivity contribution in [3.8, 4) is 0 Å². The molecular formula is C21H17FN2O2. The molecule has 0 aliphatic carbocycles. The number of anilines is 1. The Hall–Kier alpha value is -3.47. The van der Waals surface area contributed by atoms with Gasteiger partial charge >= 0.3 is 0 Å². The van der Waals surface area contributed by atoms with Gasteiger partial charge in [-0.15, -0.1) is 0 Å². The molecule has 4 nitrogen and oxygen atoms in total. The predicted molar refractivity (Wildman–Crippen MR) is 98.1 cm³/mol. The summed E-state index contributed by atoms with van der Waals surface area (Å²) >= 11 is 0. The minimum absolute atomic E-state index is 0.353. The largest absolute Gasteiger partial charge is 0.336 e. The molecule has 1 unspecified atom stereocenters. The number of carbonyl (C=O) groups excluding carboxylic acids is 2. The Morgan fingerprint density at radius 2 is 1.35 bits per heavy atom. The third kappa shape index (κ3) is 4.33. The van der Waals surface area contributed by atoms with Crippen molar-refractivity contribution in [2.75, 3.05) is 5.32 Å². The number of nitrogens with one attached hydrogen (secondary N) is 2. The van der Waals surface area contributed by atoms with Gasteiger partial charge in [0.25, 0.3) is 11.8 Å². The molecule has 5 heteroatoms. The Morgan fingerprint density at radius 3 is 1.96 bits per heavy atom. The van der Waals surface area contributed by atoms with Crippen molar-refractivity contribution in [1.29, 1.82) is 0 Å². The van der Waals surface area contributed by atoms with Gasteiger partial charge in [0.1, 0.15) is 11.9 Å². The Morgan fingerprint density at radius 1 is 0.769 bits per heavy atom. The summed E-state index contributed by atoms with van der Waals surface area (Å²) in [4.78, 5) is 25.2. The molecule has 3 aromatic rings. The van der Waals surface area contributed by atoms with Crippen LogP contribution in [-0.2, 0) is 4.79 Å². The van der Waals surface area contributed by atoms with E-state index in [1.807, 2.05) is 12.1 Å². The summed E-state index contributed by atoms with van der Waals surface area (Å²) in [5.41, 5.74) is 1.56. The minimum Gasteiger partial charge on any atom is -0.336 e. The number of amides is 2. The quantitative estimate of drug-likeness (QED) is 0.734. The van der Waals surface area contributed by atoms with E-state index in [9.17, 15) is 14.0 Å². The SMILES string of the molecule is O=C(NC(C(=O)Nc1ccc(F)cc1)c1ccccc1)c1ccccc1. The van der Waals surface area contributed by atoms with Crippen LogP contribution in [-0.4, -0.2) is 11.8 Å². The second-order valence-electron chi connectivity index (χ2n) is 5.68. The van der Waals surface area contributed by atoms with Crippen molar-refractivity contribution in [2.45, 2.75) is 6.04 Å². The molecule has 0 aliphatic heterocycles. The Labute approximate surface area is 150 Å². The molecule has 0 spiro atoms. The van der Waals surface area contributed by atoms with Crippen molar-refractivity contribution in [2.24, 2.45) is 0 Å². The molecule has 0 heterocycles. The first-order valence-electron chi connectivity index (χ1n) is 8.11. The van der Waals surface area contributed by atoms with Crippen LogP contribution in [0.25, 0.3) is 0 Å². The zero-order valence-corrected chi connectivity index (χ0v) is 13.9. The summed E-state index contributed by atoms with van der Waals surface area (Å²) in [7, 11) is 0. The molecule has 1 atom stereocenters. The number of rotatable bonds is 5. The van der Waals surface area contributed by atoms with Gasteiger partial charge < -0.3 is 10.6 Å². The number of carbonyl (C=O) groups is 2. The topological polar surface area (TPSA) is 58.2 Å². The molecule has 3 aromatic carbocycles. The molecule has 0 fully saturated rings. The molecule has 130 valence electrons. The Bertz CT molecular complexity index is 881. The van der Waals surface area contributed by atoms with E-state index in [0.29, 0.717) is 16.8 Å². The van der Waals surface area contributed by atoms with Gasteiger partial charge in [0.2, 0.25) is 0 Å². The minimum atomic E-state index is -0.881. The molecule has 0 saturated heterocycles. The molecule has 3 rings (SSSR count). The van der Waals surface area contributed by atoms with E-state index in [0.717, 1.165) is 0 Å². The van der Waals surface area contributed by atoms with E-state index in [-0.39, 0.29) is 11.7 Å². The van der Waals surface area contributed by atoms with Crippen molar-refractivity contribution in [3.63, 3.8) is 0 Å². The van der Waals surface area contributed by atoms with Crippen molar-refractivity contribution >= 4 is 17.5 Å². The Kier molecular flexibility index (Phi) is 5.39. The number of benzene rings is 3. The lowest BCUT2D eigenvalue weighted by molar-refractivity contribution is -0.118. The first-order chi connectivity index (χ1) is 12.6. The van der Waals surface area contributed by atoms with Gasteiger partial charge in [-0.3, -0.25) is 9.59 Å². The maximum Gasteiger partial charge on any atom is 0.252 e. The third-order valence-electron chi connectivity index (χ3n) is 3.82. The van der Waals surface area contributed by atoms with Crippen LogP contribution in [0.2, 0.25) is 0 Å². The standard InChI is InChI=1S/C21H17FN2O2/c22-17-11-13-18(14-12-17)23-21(26)19(15-7-3-1-4-8-15)24-20(25)16-9-5-2-6-10-16/h1-14,19H,(H,23,26)(H,24,25). The van der Waals surface area contributed by atoms with Crippen LogP contribution >= 0.6 is 0 Å². The van der Waals surface area contributed by atoms with E-state index in [1.54, 1.807) is 48.5 Å². The molecule has 0 saturated carbocycles. The molecule has 26 heavy (non-hydrogen) atoms. The summed E-state index contributed by atoms with van der Waals surface area (Å²) < 4.78 is 13.0. The smallest absolute Gasteiger partial charge is 0.252 e. The number of hydrogen-bond donors (Lipinski definition) is 2. The van der Waals surface area contributed by atoms with E-state index in [4.69, 9.17) is 0 Å². The second kappa shape index (κ2) is 8.07. The van der Waals surface area contributed by atoms with Crippen molar-refractivity contribution < 1.29 is 14.0 Å². The number of halogens is 1. The zero-order valence-electron chi connectivity index (χ0n) is 13.9. The first-order valence-corrected chi connectivity index (χ1v) is 8.11. The summed E-state index contributed by atoms with van der Waals surface area (Å²) in [5.74, 6) is -1.15. The van der Waals surface area contributed by atoms with Gasteiger partial charge in [-0.2, -0.15) is 0 Å². The van der Waals surface area contributed by atoms with Crippen LogP contribution in [0.15, 0.2) is 84.9 Å². The fraction of sp³-hybridized carbons (Fsp3) is 0.0476. The summed E-state index contributed by atoms with van der Waals surface area (Å²) in [5, 5.41) is 5.46. The lowest BCUT2D eigenvalue weighted by Gasteiger charge is -2.19. The van der Waals surface area contributed by atoms with Gasteiger partial charge in [0.15, 0.2) is 0 Å². The maximum absolute atomic E-state index is 13.0. The van der Waals surface area contributed by atoms with E-state index >= 15 is 0 Å². The van der Waals surface area contributed by atoms with E-state index < -0.39 is 11.9 Å². The molecule has 0 radical (unpaired) electrons. The van der Waals surface area contributed by atoms with Crippen molar-refractivity contribution in [3.05, 3.63) is 102 Å². The van der Waals surface area contributed by atoms with Gasteiger partial charge in [-0.1, -0.05) is 48.5 Å². The highest BCUT2D eigenvalue weighted by atomic mass is 19.1. The summed E-state index contributed by atoms with van der Waals surface area (Å²) in [6.07, 6.45) is 0. The lowest BCUT2D eigenvalue weighted by Crippen LogP contribution is -2.37. The fourth-order valence-electron chi connectivity index (χ4n) is 2.50.